The van der Waals surface area contributed by atoms with Crippen molar-refractivity contribution in [3.8, 4) is 0 Å². The van der Waals surface area contributed by atoms with E-state index in [-0.39, 0.29) is 0 Å². The van der Waals surface area contributed by atoms with Gasteiger partial charge in [-0.25, -0.2) is 0 Å². The van der Waals surface area contributed by atoms with Gasteiger partial charge in [-0.2, -0.15) is 0 Å². The Morgan fingerprint density at radius 2 is 2.06 bits per heavy atom. The van der Waals surface area contributed by atoms with E-state index in [1.54, 1.807) is 7.11 Å². The quantitative estimate of drug-likeness (QED) is 0.727. The van der Waals surface area contributed by atoms with E-state index in [2.05, 4.69) is 40.5 Å². The molecule has 0 spiro atoms. The minimum atomic E-state index is 0.652. The van der Waals surface area contributed by atoms with Crippen LogP contribution in [0.5, 0.6) is 0 Å². The summed E-state index contributed by atoms with van der Waals surface area (Å²) >= 11 is 0. The molecule has 2 rings (SSSR count). The highest BCUT2D eigenvalue weighted by Gasteiger charge is 2.25. The number of nitrogens with one attached hydrogen (secondary N) is 1. The first-order valence-electron chi connectivity index (χ1n) is 5.87. The normalized spacial score (nSPS) is 17.3. The SMILES string of the molecule is COCCNC1CN(Cc2ccccc2)C1. The first kappa shape index (κ1) is 11.6. The van der Waals surface area contributed by atoms with Gasteiger partial charge in [0.05, 0.1) is 6.61 Å². The Bertz CT molecular complexity index is 296. The van der Waals surface area contributed by atoms with Crippen molar-refractivity contribution in [3.63, 3.8) is 0 Å². The Labute approximate surface area is 97.4 Å². The van der Waals surface area contributed by atoms with Crippen molar-refractivity contribution in [2.75, 3.05) is 33.4 Å². The third-order valence-electron chi connectivity index (χ3n) is 2.95. The topological polar surface area (TPSA) is 24.5 Å². The predicted molar refractivity (Wildman–Crippen MR) is 65.4 cm³/mol. The van der Waals surface area contributed by atoms with Gasteiger partial charge in [0.25, 0.3) is 0 Å². The molecule has 1 aromatic rings. The van der Waals surface area contributed by atoms with E-state index in [0.717, 1.165) is 32.8 Å². The lowest BCUT2D eigenvalue weighted by Gasteiger charge is -2.39. The molecule has 1 aliphatic rings. The summed E-state index contributed by atoms with van der Waals surface area (Å²) in [6, 6.07) is 11.3. The van der Waals surface area contributed by atoms with Crippen LogP contribution in [0.15, 0.2) is 30.3 Å². The third kappa shape index (κ3) is 3.30. The van der Waals surface area contributed by atoms with E-state index in [1.807, 2.05) is 0 Å². The first-order valence-corrected chi connectivity index (χ1v) is 5.87. The molecule has 1 saturated heterocycles. The molecule has 0 aliphatic carbocycles. The maximum absolute atomic E-state index is 5.01. The van der Waals surface area contributed by atoms with Crippen molar-refractivity contribution >= 4 is 0 Å². The van der Waals surface area contributed by atoms with Crippen LogP contribution >= 0.6 is 0 Å². The summed E-state index contributed by atoms with van der Waals surface area (Å²) < 4.78 is 5.01. The molecule has 1 fully saturated rings. The number of likely N-dealkylation sites (tertiary alicyclic amines) is 1. The van der Waals surface area contributed by atoms with Gasteiger partial charge < -0.3 is 10.1 Å². The zero-order chi connectivity index (χ0) is 11.2. The van der Waals surface area contributed by atoms with Gasteiger partial charge in [-0.05, 0) is 5.56 Å². The molecule has 88 valence electrons. The Balaban J connectivity index is 1.62. The molecule has 16 heavy (non-hydrogen) atoms. The second-order valence-electron chi connectivity index (χ2n) is 4.32. The van der Waals surface area contributed by atoms with E-state index in [9.17, 15) is 0 Å². The summed E-state index contributed by atoms with van der Waals surface area (Å²) in [5.41, 5.74) is 1.40. The van der Waals surface area contributed by atoms with E-state index in [0.29, 0.717) is 6.04 Å². The molecule has 0 unspecified atom stereocenters. The fourth-order valence-corrected chi connectivity index (χ4v) is 2.03. The van der Waals surface area contributed by atoms with Gasteiger partial charge in [0, 0.05) is 39.3 Å². The summed E-state index contributed by atoms with van der Waals surface area (Å²) in [5.74, 6) is 0. The second-order valence-corrected chi connectivity index (χ2v) is 4.32. The highest BCUT2D eigenvalue weighted by molar-refractivity contribution is 5.15. The number of hydrogen-bond acceptors (Lipinski definition) is 3. The van der Waals surface area contributed by atoms with Gasteiger partial charge in [-0.3, -0.25) is 4.90 Å². The van der Waals surface area contributed by atoms with Crippen LogP contribution in [0.25, 0.3) is 0 Å². The van der Waals surface area contributed by atoms with E-state index >= 15 is 0 Å². The number of ether oxygens (including phenoxy) is 1. The van der Waals surface area contributed by atoms with Crippen LogP contribution in [-0.4, -0.2) is 44.3 Å². The van der Waals surface area contributed by atoms with Gasteiger partial charge in [0.15, 0.2) is 0 Å². The number of methoxy groups -OCH3 is 1. The van der Waals surface area contributed by atoms with E-state index in [1.165, 1.54) is 5.56 Å². The standard InChI is InChI=1S/C13H20N2O/c1-16-8-7-14-13-10-15(11-13)9-12-5-3-2-4-6-12/h2-6,13-14H,7-11H2,1H3. The van der Waals surface area contributed by atoms with Crippen molar-refractivity contribution in [3.05, 3.63) is 35.9 Å². The Morgan fingerprint density at radius 1 is 1.31 bits per heavy atom. The summed E-state index contributed by atoms with van der Waals surface area (Å²) in [5, 5.41) is 3.47. The van der Waals surface area contributed by atoms with Crippen molar-refractivity contribution in [2.24, 2.45) is 0 Å². The Morgan fingerprint density at radius 3 is 2.75 bits per heavy atom. The zero-order valence-electron chi connectivity index (χ0n) is 9.86. The number of hydrogen-bond donors (Lipinski definition) is 1. The van der Waals surface area contributed by atoms with Crippen LogP contribution < -0.4 is 5.32 Å². The van der Waals surface area contributed by atoms with Crippen molar-refractivity contribution in [1.29, 1.82) is 0 Å². The van der Waals surface area contributed by atoms with Crippen LogP contribution in [-0.2, 0) is 11.3 Å². The minimum absolute atomic E-state index is 0.652. The zero-order valence-corrected chi connectivity index (χ0v) is 9.86. The van der Waals surface area contributed by atoms with Crippen LogP contribution in [0.3, 0.4) is 0 Å². The monoisotopic (exact) mass is 220 g/mol. The van der Waals surface area contributed by atoms with Crippen LogP contribution in [0.2, 0.25) is 0 Å². The lowest BCUT2D eigenvalue weighted by Crippen LogP contribution is -2.57. The van der Waals surface area contributed by atoms with Gasteiger partial charge in [0.2, 0.25) is 0 Å². The van der Waals surface area contributed by atoms with E-state index < -0.39 is 0 Å². The number of rotatable bonds is 6. The maximum atomic E-state index is 5.01. The summed E-state index contributed by atoms with van der Waals surface area (Å²) in [6.07, 6.45) is 0. The molecule has 1 heterocycles. The lowest BCUT2D eigenvalue weighted by atomic mass is 10.1. The molecule has 1 aromatic carbocycles. The molecular weight excluding hydrogens is 200 g/mol. The van der Waals surface area contributed by atoms with Gasteiger partial charge in [0.1, 0.15) is 0 Å². The molecule has 0 saturated carbocycles. The van der Waals surface area contributed by atoms with Crippen LogP contribution in [0, 0.1) is 0 Å². The van der Waals surface area contributed by atoms with Crippen LogP contribution in [0.1, 0.15) is 5.56 Å². The average molecular weight is 220 g/mol. The first-order chi connectivity index (χ1) is 7.88. The van der Waals surface area contributed by atoms with Gasteiger partial charge >= 0.3 is 0 Å². The maximum Gasteiger partial charge on any atom is 0.0587 e. The van der Waals surface area contributed by atoms with Crippen molar-refractivity contribution in [1.82, 2.24) is 10.2 Å². The fourth-order valence-electron chi connectivity index (χ4n) is 2.03. The molecule has 0 radical (unpaired) electrons. The molecular formula is C13H20N2O. The van der Waals surface area contributed by atoms with Crippen molar-refractivity contribution in [2.45, 2.75) is 12.6 Å². The molecule has 0 atom stereocenters. The molecule has 1 aliphatic heterocycles. The van der Waals surface area contributed by atoms with Crippen LogP contribution in [0.4, 0.5) is 0 Å². The highest BCUT2D eigenvalue weighted by atomic mass is 16.5. The summed E-state index contributed by atoms with van der Waals surface area (Å²) in [4.78, 5) is 2.46. The van der Waals surface area contributed by atoms with Crippen molar-refractivity contribution < 1.29 is 4.74 Å². The van der Waals surface area contributed by atoms with Gasteiger partial charge in [-0.1, -0.05) is 30.3 Å². The molecule has 0 amide bonds. The smallest absolute Gasteiger partial charge is 0.0587 e. The third-order valence-corrected chi connectivity index (χ3v) is 2.95. The Kier molecular flexibility index (Phi) is 4.34. The highest BCUT2D eigenvalue weighted by Crippen LogP contribution is 2.12. The lowest BCUT2D eigenvalue weighted by molar-refractivity contribution is 0.109. The summed E-state index contributed by atoms with van der Waals surface area (Å²) in [7, 11) is 1.74. The molecule has 3 heteroatoms. The molecule has 1 N–H and O–H groups in total. The fraction of sp³-hybridized carbons (Fsp3) is 0.538. The molecule has 0 bridgehead atoms. The largest absolute Gasteiger partial charge is 0.383 e. The Hall–Kier alpha value is -0.900. The number of benzene rings is 1. The molecule has 3 nitrogen and oxygen atoms in total. The summed E-state index contributed by atoms with van der Waals surface area (Å²) in [6.45, 7) is 5.13. The minimum Gasteiger partial charge on any atom is -0.383 e. The predicted octanol–water partition coefficient (Wildman–Crippen LogP) is 1.11. The molecule has 0 aromatic heterocycles. The number of nitrogens with zero attached hydrogens (tertiary/aromatic N) is 1. The average Bonchev–Trinajstić information content (AvgIpc) is 2.27. The van der Waals surface area contributed by atoms with E-state index in [4.69, 9.17) is 4.74 Å². The van der Waals surface area contributed by atoms with Gasteiger partial charge in [-0.15, -0.1) is 0 Å². The second kappa shape index (κ2) is 5.99.